The van der Waals surface area contributed by atoms with Crippen LogP contribution in [-0.4, -0.2) is 38.4 Å². The van der Waals surface area contributed by atoms with E-state index in [2.05, 4.69) is 35.3 Å². The highest BCUT2D eigenvalue weighted by Crippen LogP contribution is 2.25. The fraction of sp³-hybridized carbons (Fsp3) is 0.467. The van der Waals surface area contributed by atoms with Crippen molar-refractivity contribution < 1.29 is 9.90 Å². The Hall–Kier alpha value is -1.88. The third-order valence-electron chi connectivity index (χ3n) is 4.12. The smallest absolute Gasteiger partial charge is 0.306 e. The Bertz CT molecular complexity index is 644. The Labute approximate surface area is 117 Å². The summed E-state index contributed by atoms with van der Waals surface area (Å²) < 4.78 is 2.04. The van der Waals surface area contributed by atoms with E-state index in [0.29, 0.717) is 0 Å². The summed E-state index contributed by atoms with van der Waals surface area (Å²) in [5.74, 6) is -0.681. The molecule has 2 aromatic rings. The monoisotopic (exact) mass is 273 g/mol. The second-order valence-corrected chi connectivity index (χ2v) is 5.79. The lowest BCUT2D eigenvalue weighted by molar-refractivity contribution is -0.145. The Morgan fingerprint density at radius 3 is 2.90 bits per heavy atom. The van der Waals surface area contributed by atoms with Crippen LogP contribution in [0.4, 0.5) is 0 Å². The number of fused-ring (bicyclic) bond motifs is 1. The van der Waals surface area contributed by atoms with E-state index in [1.165, 1.54) is 5.56 Å². The van der Waals surface area contributed by atoms with Crippen molar-refractivity contribution in [2.45, 2.75) is 20.4 Å². The molecule has 1 N–H and O–H groups in total. The van der Waals surface area contributed by atoms with Crippen LogP contribution in [0.25, 0.3) is 5.65 Å². The number of imidazole rings is 1. The molecule has 20 heavy (non-hydrogen) atoms. The fourth-order valence-corrected chi connectivity index (χ4v) is 2.72. The van der Waals surface area contributed by atoms with Crippen LogP contribution in [0.1, 0.15) is 18.2 Å². The van der Waals surface area contributed by atoms with Crippen LogP contribution in [0.2, 0.25) is 0 Å². The van der Waals surface area contributed by atoms with E-state index in [1.807, 2.05) is 10.5 Å². The van der Waals surface area contributed by atoms with Gasteiger partial charge in [-0.2, -0.15) is 0 Å². The quantitative estimate of drug-likeness (QED) is 0.922. The molecule has 1 unspecified atom stereocenters. The number of pyridine rings is 1. The lowest BCUT2D eigenvalue weighted by Gasteiger charge is -2.40. The molecule has 0 radical (unpaired) electrons. The minimum Gasteiger partial charge on any atom is -0.481 e. The van der Waals surface area contributed by atoms with E-state index in [9.17, 15) is 4.79 Å². The maximum atomic E-state index is 10.9. The highest BCUT2D eigenvalue weighted by atomic mass is 16.4. The number of carbonyl (C=O) groups is 1. The van der Waals surface area contributed by atoms with Gasteiger partial charge in [-0.1, -0.05) is 13.0 Å². The van der Waals surface area contributed by atoms with Gasteiger partial charge < -0.3 is 9.51 Å². The van der Waals surface area contributed by atoms with Gasteiger partial charge in [0.25, 0.3) is 0 Å². The molecule has 0 saturated carbocycles. The van der Waals surface area contributed by atoms with Crippen molar-refractivity contribution in [1.29, 1.82) is 0 Å². The van der Waals surface area contributed by atoms with Gasteiger partial charge in [0.2, 0.25) is 0 Å². The van der Waals surface area contributed by atoms with Gasteiger partial charge in [0.15, 0.2) is 0 Å². The first kappa shape index (κ1) is 13.1. The van der Waals surface area contributed by atoms with E-state index in [0.717, 1.165) is 31.0 Å². The van der Waals surface area contributed by atoms with Crippen LogP contribution >= 0.6 is 0 Å². The molecule has 0 spiro atoms. The highest BCUT2D eigenvalue weighted by molar-refractivity contribution is 5.70. The van der Waals surface area contributed by atoms with Crippen LogP contribution < -0.4 is 0 Å². The molecule has 1 aliphatic heterocycles. The number of aliphatic carboxylic acids is 1. The Morgan fingerprint density at radius 2 is 2.20 bits per heavy atom. The molecule has 3 rings (SSSR count). The summed E-state index contributed by atoms with van der Waals surface area (Å²) in [6.07, 6.45) is 4.12. The maximum absolute atomic E-state index is 10.9. The molecule has 0 aromatic carbocycles. The molecular weight excluding hydrogens is 254 g/mol. The molecule has 106 valence electrons. The number of hydrogen-bond donors (Lipinski definition) is 1. The zero-order valence-corrected chi connectivity index (χ0v) is 11.8. The van der Waals surface area contributed by atoms with Crippen molar-refractivity contribution in [3.63, 3.8) is 0 Å². The minimum atomic E-state index is -0.696. The van der Waals surface area contributed by atoms with E-state index >= 15 is 0 Å². The highest BCUT2D eigenvalue weighted by Gasteiger charge is 2.34. The summed E-state index contributed by atoms with van der Waals surface area (Å²) in [7, 11) is 0. The second-order valence-electron chi connectivity index (χ2n) is 5.79. The number of hydrogen-bond acceptors (Lipinski definition) is 3. The van der Waals surface area contributed by atoms with E-state index < -0.39 is 5.97 Å². The molecule has 1 fully saturated rings. The molecule has 5 nitrogen and oxygen atoms in total. The Kier molecular flexibility index (Phi) is 3.22. The number of aryl methyl sites for hydroxylation is 1. The molecule has 1 atom stereocenters. The molecule has 0 amide bonds. The summed E-state index contributed by atoms with van der Waals surface area (Å²) in [5, 5.41) is 8.98. The summed E-state index contributed by atoms with van der Waals surface area (Å²) in [6, 6.07) is 4.07. The number of likely N-dealkylation sites (tertiary alicyclic amines) is 1. The zero-order chi connectivity index (χ0) is 14.3. The van der Waals surface area contributed by atoms with E-state index in [-0.39, 0.29) is 11.8 Å². The Balaban J connectivity index is 1.63. The van der Waals surface area contributed by atoms with Crippen molar-refractivity contribution in [1.82, 2.24) is 14.3 Å². The van der Waals surface area contributed by atoms with Crippen LogP contribution in [0, 0.1) is 18.8 Å². The average Bonchev–Trinajstić information content (AvgIpc) is 2.73. The number of nitrogens with zero attached hydrogens (tertiary/aromatic N) is 3. The van der Waals surface area contributed by atoms with Crippen LogP contribution in [0.3, 0.4) is 0 Å². The van der Waals surface area contributed by atoms with Crippen molar-refractivity contribution in [3.8, 4) is 0 Å². The third kappa shape index (κ3) is 2.41. The third-order valence-corrected chi connectivity index (χ3v) is 4.12. The maximum Gasteiger partial charge on any atom is 0.306 e. The van der Waals surface area contributed by atoms with Crippen molar-refractivity contribution in [2.75, 3.05) is 13.1 Å². The molecule has 1 aliphatic rings. The second kappa shape index (κ2) is 4.90. The van der Waals surface area contributed by atoms with Gasteiger partial charge in [-0.25, -0.2) is 4.98 Å². The number of carboxylic acid groups (broad SMARTS) is 1. The summed E-state index contributed by atoms with van der Waals surface area (Å²) >= 11 is 0. The lowest BCUT2D eigenvalue weighted by Crippen LogP contribution is -2.50. The molecular formula is C15H19N3O2. The first-order chi connectivity index (χ1) is 9.52. The van der Waals surface area contributed by atoms with Crippen LogP contribution in [0.5, 0.6) is 0 Å². The van der Waals surface area contributed by atoms with Gasteiger partial charge in [-0.05, 0) is 24.5 Å². The van der Waals surface area contributed by atoms with Gasteiger partial charge in [0.1, 0.15) is 5.65 Å². The van der Waals surface area contributed by atoms with Gasteiger partial charge in [-0.3, -0.25) is 9.69 Å². The summed E-state index contributed by atoms with van der Waals surface area (Å²) in [5.41, 5.74) is 3.21. The zero-order valence-electron chi connectivity index (χ0n) is 11.8. The Morgan fingerprint density at radius 1 is 1.45 bits per heavy atom. The van der Waals surface area contributed by atoms with Crippen molar-refractivity contribution in [3.05, 3.63) is 35.8 Å². The first-order valence-corrected chi connectivity index (χ1v) is 6.92. The number of aromatic nitrogens is 2. The molecule has 5 heteroatoms. The minimum absolute atomic E-state index is 0.255. The number of rotatable bonds is 4. The van der Waals surface area contributed by atoms with Gasteiger partial charge in [-0.15, -0.1) is 0 Å². The van der Waals surface area contributed by atoms with Gasteiger partial charge in [0.05, 0.1) is 11.6 Å². The summed E-state index contributed by atoms with van der Waals surface area (Å²) in [6.45, 7) is 6.34. The molecule has 0 aliphatic carbocycles. The van der Waals surface area contributed by atoms with E-state index in [1.54, 1.807) is 6.92 Å². The SMILES string of the molecule is Cc1ccc2nc(CN3CC(C(C)C(=O)O)C3)cn2c1. The lowest BCUT2D eigenvalue weighted by atomic mass is 9.87. The van der Waals surface area contributed by atoms with Crippen molar-refractivity contribution in [2.24, 2.45) is 11.8 Å². The predicted octanol–water partition coefficient (Wildman–Crippen LogP) is 1.80. The van der Waals surface area contributed by atoms with E-state index in [4.69, 9.17) is 5.11 Å². The average molecular weight is 273 g/mol. The molecule has 3 heterocycles. The van der Waals surface area contributed by atoms with Crippen LogP contribution in [0.15, 0.2) is 24.5 Å². The van der Waals surface area contributed by atoms with Gasteiger partial charge >= 0.3 is 5.97 Å². The fourth-order valence-electron chi connectivity index (χ4n) is 2.72. The van der Waals surface area contributed by atoms with Crippen LogP contribution in [-0.2, 0) is 11.3 Å². The molecule has 0 bridgehead atoms. The molecule has 1 saturated heterocycles. The van der Waals surface area contributed by atoms with Gasteiger partial charge in [0, 0.05) is 32.0 Å². The summed E-state index contributed by atoms with van der Waals surface area (Å²) in [4.78, 5) is 17.7. The standard InChI is InChI=1S/C15H19N3O2/c1-10-3-4-14-16-13(9-18(14)5-10)8-17-6-12(7-17)11(2)15(19)20/h3-5,9,11-12H,6-8H2,1-2H3,(H,19,20). The molecule has 2 aromatic heterocycles. The number of carboxylic acids is 1. The predicted molar refractivity (Wildman–Crippen MR) is 75.5 cm³/mol. The normalized spacial score (nSPS) is 18.1. The topological polar surface area (TPSA) is 57.8 Å². The first-order valence-electron chi connectivity index (χ1n) is 6.92. The van der Waals surface area contributed by atoms with Crippen molar-refractivity contribution >= 4 is 11.6 Å². The largest absolute Gasteiger partial charge is 0.481 e.